The van der Waals surface area contributed by atoms with E-state index in [1.54, 1.807) is 18.2 Å². The van der Waals surface area contributed by atoms with Gasteiger partial charge in [0.2, 0.25) is 0 Å². The molecule has 0 saturated carbocycles. The van der Waals surface area contributed by atoms with Gasteiger partial charge in [-0.2, -0.15) is 0 Å². The molecular formula is C11H14Cl2O3S. The summed E-state index contributed by atoms with van der Waals surface area (Å²) >= 11 is 11.7. The van der Waals surface area contributed by atoms with E-state index in [0.29, 0.717) is 16.5 Å². The Morgan fingerprint density at radius 2 is 2.00 bits per heavy atom. The fourth-order valence-electron chi connectivity index (χ4n) is 1.39. The van der Waals surface area contributed by atoms with Crippen LogP contribution in [0.4, 0.5) is 0 Å². The van der Waals surface area contributed by atoms with Crippen LogP contribution in [0.15, 0.2) is 18.2 Å². The first-order valence-corrected chi connectivity index (χ1v) is 7.89. The number of hydrogen-bond acceptors (Lipinski definition) is 3. The lowest BCUT2D eigenvalue weighted by molar-refractivity contribution is 0.171. The quantitative estimate of drug-likeness (QED) is 0.907. The lowest BCUT2D eigenvalue weighted by Crippen LogP contribution is -2.16. The van der Waals surface area contributed by atoms with E-state index in [-0.39, 0.29) is 12.2 Å². The van der Waals surface area contributed by atoms with Crippen molar-refractivity contribution in [1.82, 2.24) is 0 Å². The molecule has 1 unspecified atom stereocenters. The van der Waals surface area contributed by atoms with Gasteiger partial charge >= 0.3 is 0 Å². The maximum absolute atomic E-state index is 10.9. The molecule has 0 radical (unpaired) electrons. The van der Waals surface area contributed by atoms with E-state index in [1.807, 2.05) is 0 Å². The number of aliphatic hydroxyl groups is 1. The van der Waals surface area contributed by atoms with E-state index < -0.39 is 15.9 Å². The third-order valence-corrected chi connectivity index (χ3v) is 3.86. The highest BCUT2D eigenvalue weighted by atomic mass is 35.5. The van der Waals surface area contributed by atoms with Crippen molar-refractivity contribution in [2.45, 2.75) is 18.9 Å². The molecule has 0 fully saturated rings. The Morgan fingerprint density at radius 1 is 1.35 bits per heavy atom. The van der Waals surface area contributed by atoms with Gasteiger partial charge in [0.15, 0.2) is 0 Å². The Balaban J connectivity index is 2.59. The Kier molecular flexibility index (Phi) is 5.25. The van der Waals surface area contributed by atoms with Crippen LogP contribution in [0.3, 0.4) is 0 Å². The van der Waals surface area contributed by atoms with Crippen molar-refractivity contribution in [1.29, 1.82) is 0 Å². The van der Waals surface area contributed by atoms with Crippen LogP contribution in [0.2, 0.25) is 10.0 Å². The van der Waals surface area contributed by atoms with E-state index in [9.17, 15) is 13.5 Å². The minimum Gasteiger partial charge on any atom is -0.393 e. The van der Waals surface area contributed by atoms with Gasteiger partial charge in [-0.25, -0.2) is 8.42 Å². The zero-order valence-corrected chi connectivity index (χ0v) is 11.7. The molecule has 0 saturated heterocycles. The smallest absolute Gasteiger partial charge is 0.147 e. The number of hydrogen-bond donors (Lipinski definition) is 1. The lowest BCUT2D eigenvalue weighted by Gasteiger charge is -2.11. The molecule has 0 aromatic heterocycles. The van der Waals surface area contributed by atoms with Crippen molar-refractivity contribution < 1.29 is 13.5 Å². The fourth-order valence-corrected chi connectivity index (χ4v) is 2.58. The number of rotatable bonds is 5. The fraction of sp³-hybridized carbons (Fsp3) is 0.455. The molecule has 0 aliphatic heterocycles. The van der Waals surface area contributed by atoms with Crippen LogP contribution < -0.4 is 0 Å². The molecule has 1 N–H and O–H groups in total. The van der Waals surface area contributed by atoms with Crippen LogP contribution in [0, 0.1) is 0 Å². The lowest BCUT2D eigenvalue weighted by atomic mass is 10.1. The van der Waals surface area contributed by atoms with Gasteiger partial charge in [-0.1, -0.05) is 29.3 Å². The van der Waals surface area contributed by atoms with E-state index in [0.717, 1.165) is 11.8 Å². The zero-order chi connectivity index (χ0) is 13.1. The van der Waals surface area contributed by atoms with E-state index in [1.165, 1.54) is 0 Å². The van der Waals surface area contributed by atoms with Crippen molar-refractivity contribution in [3.8, 4) is 0 Å². The van der Waals surface area contributed by atoms with E-state index in [2.05, 4.69) is 0 Å². The molecule has 0 bridgehead atoms. The van der Waals surface area contributed by atoms with Crippen molar-refractivity contribution in [2.75, 3.05) is 12.0 Å². The molecule has 1 aromatic carbocycles. The van der Waals surface area contributed by atoms with Crippen LogP contribution in [0.25, 0.3) is 0 Å². The van der Waals surface area contributed by atoms with E-state index in [4.69, 9.17) is 23.2 Å². The molecular weight excluding hydrogens is 283 g/mol. The molecule has 0 aliphatic rings. The standard InChI is InChI=1S/C11H14Cl2O3S/c1-17(15,16)5-4-10(14)6-8-2-3-9(12)7-11(8)13/h2-3,7,10,14H,4-6H2,1H3. The molecule has 1 atom stereocenters. The van der Waals surface area contributed by atoms with Gasteiger partial charge in [0.1, 0.15) is 9.84 Å². The van der Waals surface area contributed by atoms with Crippen molar-refractivity contribution >= 4 is 33.0 Å². The monoisotopic (exact) mass is 296 g/mol. The van der Waals surface area contributed by atoms with Crippen LogP contribution in [-0.4, -0.2) is 31.6 Å². The first kappa shape index (κ1) is 14.8. The maximum Gasteiger partial charge on any atom is 0.147 e. The second kappa shape index (κ2) is 6.05. The SMILES string of the molecule is CS(=O)(=O)CCC(O)Cc1ccc(Cl)cc1Cl. The van der Waals surface area contributed by atoms with Crippen LogP contribution in [0.1, 0.15) is 12.0 Å². The van der Waals surface area contributed by atoms with Crippen molar-refractivity contribution in [2.24, 2.45) is 0 Å². The summed E-state index contributed by atoms with van der Waals surface area (Å²) in [5.74, 6) is -0.0284. The highest BCUT2D eigenvalue weighted by Crippen LogP contribution is 2.22. The normalized spacial score (nSPS) is 13.6. The molecule has 0 amide bonds. The zero-order valence-electron chi connectivity index (χ0n) is 9.36. The van der Waals surface area contributed by atoms with E-state index >= 15 is 0 Å². The van der Waals surface area contributed by atoms with Gasteiger partial charge in [0.25, 0.3) is 0 Å². The first-order valence-electron chi connectivity index (χ1n) is 5.07. The first-order chi connectivity index (χ1) is 7.78. The summed E-state index contributed by atoms with van der Waals surface area (Å²) in [6.45, 7) is 0. The molecule has 1 aromatic rings. The Labute approximate surface area is 111 Å². The van der Waals surface area contributed by atoms with Crippen LogP contribution in [0.5, 0.6) is 0 Å². The predicted octanol–water partition coefficient (Wildman–Crippen LogP) is 2.33. The summed E-state index contributed by atoms with van der Waals surface area (Å²) in [6.07, 6.45) is 0.960. The summed E-state index contributed by atoms with van der Waals surface area (Å²) in [4.78, 5) is 0. The molecule has 1 rings (SSSR count). The number of benzene rings is 1. The minimum absolute atomic E-state index is 0.0284. The number of sulfone groups is 1. The third-order valence-electron chi connectivity index (χ3n) is 2.29. The largest absolute Gasteiger partial charge is 0.393 e. The second-order valence-electron chi connectivity index (χ2n) is 4.01. The summed E-state index contributed by atoms with van der Waals surface area (Å²) in [5, 5.41) is 10.7. The second-order valence-corrected chi connectivity index (χ2v) is 7.12. The predicted molar refractivity (Wildman–Crippen MR) is 70.5 cm³/mol. The minimum atomic E-state index is -3.04. The molecule has 3 nitrogen and oxygen atoms in total. The van der Waals surface area contributed by atoms with Gasteiger partial charge in [0.05, 0.1) is 11.9 Å². The molecule has 96 valence electrons. The summed E-state index contributed by atoms with van der Waals surface area (Å²) in [6, 6.07) is 5.02. The Bertz CT molecular complexity index is 485. The average Bonchev–Trinajstić information content (AvgIpc) is 2.18. The van der Waals surface area contributed by atoms with Crippen molar-refractivity contribution in [3.63, 3.8) is 0 Å². The highest BCUT2D eigenvalue weighted by molar-refractivity contribution is 7.90. The third kappa shape index (κ3) is 5.73. The molecule has 0 heterocycles. The molecule has 17 heavy (non-hydrogen) atoms. The topological polar surface area (TPSA) is 54.4 Å². The summed E-state index contributed by atoms with van der Waals surface area (Å²) < 4.78 is 21.9. The maximum atomic E-state index is 10.9. The Morgan fingerprint density at radius 3 is 2.53 bits per heavy atom. The molecule has 0 spiro atoms. The van der Waals surface area contributed by atoms with Gasteiger partial charge < -0.3 is 5.11 Å². The summed E-state index contributed by atoms with van der Waals surface area (Å²) in [7, 11) is -3.04. The highest BCUT2D eigenvalue weighted by Gasteiger charge is 2.12. The summed E-state index contributed by atoms with van der Waals surface area (Å²) in [5.41, 5.74) is 0.761. The van der Waals surface area contributed by atoms with Crippen molar-refractivity contribution in [3.05, 3.63) is 33.8 Å². The Hall–Kier alpha value is -0.290. The number of halogens is 2. The van der Waals surface area contributed by atoms with Gasteiger partial charge in [-0.15, -0.1) is 0 Å². The van der Waals surface area contributed by atoms with Crippen LogP contribution >= 0.6 is 23.2 Å². The molecule has 0 aliphatic carbocycles. The van der Waals surface area contributed by atoms with Crippen LogP contribution in [-0.2, 0) is 16.3 Å². The van der Waals surface area contributed by atoms with Gasteiger partial charge in [0, 0.05) is 16.3 Å². The number of aliphatic hydroxyl groups excluding tert-OH is 1. The molecule has 6 heteroatoms. The van der Waals surface area contributed by atoms with Gasteiger partial charge in [-0.3, -0.25) is 0 Å². The average molecular weight is 297 g/mol. The van der Waals surface area contributed by atoms with Gasteiger partial charge in [-0.05, 0) is 30.5 Å².